The lowest BCUT2D eigenvalue weighted by Crippen LogP contribution is -2.15. The number of hydrogen-bond acceptors (Lipinski definition) is 4. The highest BCUT2D eigenvalue weighted by atomic mass is 32.1. The van der Waals surface area contributed by atoms with E-state index in [4.69, 9.17) is 4.42 Å². The van der Waals surface area contributed by atoms with Crippen molar-refractivity contribution in [1.82, 2.24) is 0 Å². The van der Waals surface area contributed by atoms with Crippen molar-refractivity contribution in [2.75, 3.05) is 0 Å². The van der Waals surface area contributed by atoms with E-state index in [-0.39, 0.29) is 17.6 Å². The van der Waals surface area contributed by atoms with Gasteiger partial charge in [0.1, 0.15) is 11.5 Å². The molecule has 2 heterocycles. The molecular weight excluding hydrogens is 344 g/mol. The second kappa shape index (κ2) is 8.37. The van der Waals surface area contributed by atoms with Crippen LogP contribution in [0, 0.1) is 0 Å². The minimum Gasteiger partial charge on any atom is -0.507 e. The van der Waals surface area contributed by atoms with Crippen molar-refractivity contribution in [3.8, 4) is 5.75 Å². The van der Waals surface area contributed by atoms with Crippen LogP contribution in [-0.4, -0.2) is 5.11 Å². The third-order valence-electron chi connectivity index (χ3n) is 4.85. The van der Waals surface area contributed by atoms with Crippen LogP contribution in [0.25, 0.3) is 0 Å². The topological polar surface area (TPSA) is 50.4 Å². The quantitative estimate of drug-likeness (QED) is 0.583. The van der Waals surface area contributed by atoms with Gasteiger partial charge in [0.25, 0.3) is 0 Å². The standard InChI is InChI=1S/C22H24O3S/c1-3-16(13-15-9-6-5-7-10-15)19-14-18(23)21(22(24)25-19)17(4-2)20-11-8-12-26-20/h5-12,14,16-17,23H,3-4,13H2,1-2H3. The Morgan fingerprint density at radius 3 is 2.42 bits per heavy atom. The van der Waals surface area contributed by atoms with Gasteiger partial charge in [0.2, 0.25) is 0 Å². The summed E-state index contributed by atoms with van der Waals surface area (Å²) < 4.78 is 5.68. The van der Waals surface area contributed by atoms with Gasteiger partial charge >= 0.3 is 5.63 Å². The van der Waals surface area contributed by atoms with Crippen molar-refractivity contribution in [2.24, 2.45) is 0 Å². The SMILES string of the molecule is CCC(Cc1ccccc1)c1cc(O)c(C(CC)c2cccs2)c(=O)o1. The number of rotatable bonds is 7. The van der Waals surface area contributed by atoms with Crippen molar-refractivity contribution >= 4 is 11.3 Å². The minimum atomic E-state index is -0.424. The molecule has 3 nitrogen and oxygen atoms in total. The van der Waals surface area contributed by atoms with Crippen LogP contribution < -0.4 is 5.63 Å². The third kappa shape index (κ3) is 3.91. The summed E-state index contributed by atoms with van der Waals surface area (Å²) in [4.78, 5) is 13.8. The van der Waals surface area contributed by atoms with Gasteiger partial charge in [-0.3, -0.25) is 0 Å². The lowest BCUT2D eigenvalue weighted by atomic mass is 9.92. The van der Waals surface area contributed by atoms with Crippen LogP contribution in [0.3, 0.4) is 0 Å². The Morgan fingerprint density at radius 1 is 1.08 bits per heavy atom. The number of benzene rings is 1. The molecule has 0 aliphatic carbocycles. The Labute approximate surface area is 158 Å². The molecule has 26 heavy (non-hydrogen) atoms. The molecule has 0 amide bonds. The number of hydrogen-bond donors (Lipinski definition) is 1. The van der Waals surface area contributed by atoms with E-state index in [0.717, 1.165) is 24.1 Å². The van der Waals surface area contributed by atoms with Crippen molar-refractivity contribution in [1.29, 1.82) is 0 Å². The zero-order valence-electron chi connectivity index (χ0n) is 15.1. The van der Waals surface area contributed by atoms with E-state index in [2.05, 4.69) is 19.1 Å². The van der Waals surface area contributed by atoms with Crippen LogP contribution in [0.1, 0.15) is 60.3 Å². The minimum absolute atomic E-state index is 0.0445. The average molecular weight is 368 g/mol. The van der Waals surface area contributed by atoms with E-state index < -0.39 is 5.63 Å². The number of aromatic hydroxyl groups is 1. The first-order chi connectivity index (χ1) is 12.6. The fourth-order valence-corrected chi connectivity index (χ4v) is 4.33. The van der Waals surface area contributed by atoms with Crippen molar-refractivity contribution in [2.45, 2.75) is 44.9 Å². The van der Waals surface area contributed by atoms with Crippen LogP contribution in [0.2, 0.25) is 0 Å². The van der Waals surface area contributed by atoms with Gasteiger partial charge in [-0.1, -0.05) is 50.2 Å². The fourth-order valence-electron chi connectivity index (χ4n) is 3.41. The summed E-state index contributed by atoms with van der Waals surface area (Å²) in [5.74, 6) is 0.535. The summed E-state index contributed by atoms with van der Waals surface area (Å²) in [7, 11) is 0. The van der Waals surface area contributed by atoms with E-state index in [1.54, 1.807) is 17.4 Å². The zero-order valence-corrected chi connectivity index (χ0v) is 16.0. The first-order valence-electron chi connectivity index (χ1n) is 9.08. The third-order valence-corrected chi connectivity index (χ3v) is 5.83. The first kappa shape index (κ1) is 18.5. The highest BCUT2D eigenvalue weighted by Crippen LogP contribution is 2.36. The molecule has 0 radical (unpaired) electrons. The van der Waals surface area contributed by atoms with Gasteiger partial charge in [0.15, 0.2) is 0 Å². The molecule has 3 aromatic rings. The molecule has 0 saturated heterocycles. The van der Waals surface area contributed by atoms with Crippen molar-refractivity contribution < 1.29 is 9.52 Å². The summed E-state index contributed by atoms with van der Waals surface area (Å²) in [6.45, 7) is 4.08. The van der Waals surface area contributed by atoms with Gasteiger partial charge in [0, 0.05) is 22.8 Å². The predicted molar refractivity (Wildman–Crippen MR) is 106 cm³/mol. The zero-order chi connectivity index (χ0) is 18.5. The molecule has 0 saturated carbocycles. The second-order valence-electron chi connectivity index (χ2n) is 6.51. The van der Waals surface area contributed by atoms with E-state index in [0.29, 0.717) is 11.3 Å². The average Bonchev–Trinajstić information content (AvgIpc) is 3.17. The fraction of sp³-hybridized carbons (Fsp3) is 0.318. The predicted octanol–water partition coefficient (Wildman–Crippen LogP) is 5.69. The highest BCUT2D eigenvalue weighted by molar-refractivity contribution is 7.10. The molecule has 2 atom stereocenters. The second-order valence-corrected chi connectivity index (χ2v) is 7.49. The van der Waals surface area contributed by atoms with Gasteiger partial charge in [0.05, 0.1) is 5.56 Å². The van der Waals surface area contributed by atoms with E-state index >= 15 is 0 Å². The maximum atomic E-state index is 12.7. The van der Waals surface area contributed by atoms with Crippen LogP contribution in [0.15, 0.2) is 63.1 Å². The van der Waals surface area contributed by atoms with E-state index in [9.17, 15) is 9.90 Å². The van der Waals surface area contributed by atoms with Crippen LogP contribution in [0.4, 0.5) is 0 Å². The molecule has 4 heteroatoms. The van der Waals surface area contributed by atoms with Crippen LogP contribution >= 0.6 is 11.3 Å². The lowest BCUT2D eigenvalue weighted by molar-refractivity contribution is 0.382. The summed E-state index contributed by atoms with van der Waals surface area (Å²) in [6, 6.07) is 15.7. The molecule has 2 unspecified atom stereocenters. The Balaban J connectivity index is 1.94. The number of thiophene rings is 1. The molecule has 1 aromatic carbocycles. The Hall–Kier alpha value is -2.33. The molecule has 0 spiro atoms. The molecule has 2 aromatic heterocycles. The smallest absolute Gasteiger partial charge is 0.343 e. The highest BCUT2D eigenvalue weighted by Gasteiger charge is 2.24. The Morgan fingerprint density at radius 2 is 1.85 bits per heavy atom. The largest absolute Gasteiger partial charge is 0.507 e. The Kier molecular flexibility index (Phi) is 5.94. The summed E-state index contributed by atoms with van der Waals surface area (Å²) in [5.41, 5.74) is 1.13. The van der Waals surface area contributed by atoms with E-state index in [1.807, 2.05) is 42.6 Å². The summed E-state index contributed by atoms with van der Waals surface area (Å²) in [5, 5.41) is 12.6. The molecular formula is C22H24O3S. The molecule has 0 fully saturated rings. The van der Waals surface area contributed by atoms with E-state index in [1.165, 1.54) is 5.56 Å². The first-order valence-corrected chi connectivity index (χ1v) is 9.96. The van der Waals surface area contributed by atoms with Gasteiger partial charge in [-0.05, 0) is 36.3 Å². The molecule has 0 aliphatic rings. The lowest BCUT2D eigenvalue weighted by Gasteiger charge is -2.18. The van der Waals surface area contributed by atoms with Gasteiger partial charge in [-0.15, -0.1) is 11.3 Å². The van der Waals surface area contributed by atoms with Gasteiger partial charge in [-0.25, -0.2) is 4.79 Å². The Bertz CT molecular complexity index is 882. The van der Waals surface area contributed by atoms with Gasteiger partial charge < -0.3 is 9.52 Å². The van der Waals surface area contributed by atoms with Crippen LogP contribution in [-0.2, 0) is 6.42 Å². The molecule has 136 valence electrons. The summed E-state index contributed by atoms with van der Waals surface area (Å²) in [6.07, 6.45) is 2.35. The molecule has 1 N–H and O–H groups in total. The van der Waals surface area contributed by atoms with Crippen LogP contribution in [0.5, 0.6) is 5.75 Å². The molecule has 0 aliphatic heterocycles. The maximum absolute atomic E-state index is 12.7. The van der Waals surface area contributed by atoms with Crippen molar-refractivity contribution in [3.63, 3.8) is 0 Å². The molecule has 3 rings (SSSR count). The monoisotopic (exact) mass is 368 g/mol. The maximum Gasteiger partial charge on any atom is 0.343 e. The van der Waals surface area contributed by atoms with Crippen molar-refractivity contribution in [3.05, 3.63) is 86.1 Å². The normalized spacial score (nSPS) is 13.5. The van der Waals surface area contributed by atoms with Gasteiger partial charge in [-0.2, -0.15) is 0 Å². The summed E-state index contributed by atoms with van der Waals surface area (Å²) >= 11 is 1.59. The molecule has 0 bridgehead atoms.